The van der Waals surface area contributed by atoms with Crippen LogP contribution < -0.4 is 0 Å². The first-order valence-electron chi connectivity index (χ1n) is 3.74. The molecule has 0 saturated heterocycles. The van der Waals surface area contributed by atoms with Crippen LogP contribution in [0.5, 0.6) is 0 Å². The molecule has 0 aromatic rings. The maximum absolute atomic E-state index is 3.56. The summed E-state index contributed by atoms with van der Waals surface area (Å²) in [6.45, 7) is 14.5. The van der Waals surface area contributed by atoms with E-state index in [1.54, 1.807) is 12.2 Å². The average molecular weight is 150 g/mol. The van der Waals surface area contributed by atoms with Crippen LogP contribution in [-0.4, -0.2) is 0 Å². The molecular formula is C11H18. The van der Waals surface area contributed by atoms with Crippen molar-refractivity contribution in [3.8, 4) is 0 Å². The number of allylic oxidation sites excluding steroid dienone is 5. The zero-order valence-electron chi connectivity index (χ0n) is 7.64. The smallest absolute Gasteiger partial charge is 0.0376 e. The van der Waals surface area contributed by atoms with Crippen LogP contribution in [0.4, 0.5) is 0 Å². The van der Waals surface area contributed by atoms with Gasteiger partial charge in [-0.15, -0.1) is 0 Å². The van der Waals surface area contributed by atoms with Gasteiger partial charge >= 0.3 is 0 Å². The lowest BCUT2D eigenvalue weighted by atomic mass is 10.4. The predicted octanol–water partition coefficient (Wildman–Crippen LogP) is 3.89. The minimum atomic E-state index is 1.02. The third-order valence-corrected chi connectivity index (χ3v) is 0.856. The highest BCUT2D eigenvalue weighted by Gasteiger charge is 1.59. The van der Waals surface area contributed by atoms with E-state index >= 15 is 0 Å². The van der Waals surface area contributed by atoms with Crippen molar-refractivity contribution in [1.82, 2.24) is 0 Å². The van der Waals surface area contributed by atoms with E-state index in [1.165, 1.54) is 0 Å². The summed E-state index contributed by atoms with van der Waals surface area (Å²) in [5.74, 6) is 0. The van der Waals surface area contributed by atoms with Crippen molar-refractivity contribution in [2.75, 3.05) is 0 Å². The summed E-state index contributed by atoms with van der Waals surface area (Å²) in [7, 11) is 0. The molecule has 0 radical (unpaired) electrons. The zero-order valence-corrected chi connectivity index (χ0v) is 7.64. The lowest BCUT2D eigenvalue weighted by Gasteiger charge is -1.71. The summed E-state index contributed by atoms with van der Waals surface area (Å²) in [6, 6.07) is 0. The normalized spacial score (nSPS) is 8.18. The monoisotopic (exact) mass is 150 g/mol. The molecule has 0 aliphatic heterocycles. The molecule has 0 unspecified atom stereocenters. The summed E-state index contributed by atoms with van der Waals surface area (Å²) >= 11 is 0. The standard InChI is InChI=1S/C6H10.C5H8/c1-3-5-6-4-2;1-4-5(2)3/h3,5-6H,1,4H2,2H3;4H,1-2H2,3H3/b6-5+;. The van der Waals surface area contributed by atoms with Crippen molar-refractivity contribution in [3.63, 3.8) is 0 Å². The van der Waals surface area contributed by atoms with Crippen molar-refractivity contribution in [2.24, 2.45) is 0 Å². The van der Waals surface area contributed by atoms with E-state index in [-0.39, 0.29) is 0 Å². The van der Waals surface area contributed by atoms with Gasteiger partial charge in [-0.3, -0.25) is 0 Å². The van der Waals surface area contributed by atoms with Gasteiger partial charge in [0.25, 0.3) is 0 Å². The molecule has 0 aromatic carbocycles. The molecule has 0 aliphatic rings. The zero-order chi connectivity index (χ0) is 9.11. The number of rotatable bonds is 3. The van der Waals surface area contributed by atoms with E-state index in [0.29, 0.717) is 0 Å². The SMILES string of the molecule is C=C/C=C/CC.C=CC(=C)C. The van der Waals surface area contributed by atoms with Crippen molar-refractivity contribution in [2.45, 2.75) is 20.3 Å². The van der Waals surface area contributed by atoms with Gasteiger partial charge in [0.15, 0.2) is 0 Å². The summed E-state index contributed by atoms with van der Waals surface area (Å²) in [6.07, 6.45) is 8.61. The van der Waals surface area contributed by atoms with Crippen LogP contribution in [0.15, 0.2) is 49.6 Å². The molecule has 0 spiro atoms. The van der Waals surface area contributed by atoms with E-state index < -0.39 is 0 Å². The molecular weight excluding hydrogens is 132 g/mol. The summed E-state index contributed by atoms with van der Waals surface area (Å²) in [5.41, 5.74) is 1.02. The highest BCUT2D eigenvalue weighted by Crippen LogP contribution is 1.81. The molecule has 62 valence electrons. The Kier molecular flexibility index (Phi) is 13.4. The average Bonchev–Trinajstić information content (AvgIpc) is 2.02. The lowest BCUT2D eigenvalue weighted by molar-refractivity contribution is 1.22. The van der Waals surface area contributed by atoms with E-state index in [2.05, 4.69) is 32.7 Å². The van der Waals surface area contributed by atoms with Gasteiger partial charge in [-0.2, -0.15) is 0 Å². The molecule has 11 heavy (non-hydrogen) atoms. The molecule has 0 nitrogen and oxygen atoms in total. The van der Waals surface area contributed by atoms with Crippen molar-refractivity contribution >= 4 is 0 Å². The molecule has 0 atom stereocenters. The van der Waals surface area contributed by atoms with Gasteiger partial charge in [0.1, 0.15) is 0 Å². The van der Waals surface area contributed by atoms with Crippen molar-refractivity contribution in [3.05, 3.63) is 49.6 Å². The topological polar surface area (TPSA) is 0 Å². The Labute approximate surface area is 70.6 Å². The van der Waals surface area contributed by atoms with E-state index in [0.717, 1.165) is 12.0 Å². The quantitative estimate of drug-likeness (QED) is 0.535. The second kappa shape index (κ2) is 11.7. The minimum Gasteiger partial charge on any atom is -0.0991 e. The predicted molar refractivity (Wildman–Crippen MR) is 54.6 cm³/mol. The van der Waals surface area contributed by atoms with Gasteiger partial charge in [-0.1, -0.05) is 56.5 Å². The first kappa shape index (κ1) is 12.6. The summed E-state index contributed by atoms with van der Waals surface area (Å²) < 4.78 is 0. The second-order valence-electron chi connectivity index (χ2n) is 2.12. The first-order valence-corrected chi connectivity index (χ1v) is 3.74. The maximum Gasteiger partial charge on any atom is -0.0376 e. The maximum atomic E-state index is 3.56. The molecule has 0 bridgehead atoms. The fourth-order valence-electron chi connectivity index (χ4n) is 0.232. The number of hydrogen-bond donors (Lipinski definition) is 0. The second-order valence-corrected chi connectivity index (χ2v) is 2.12. The Morgan fingerprint density at radius 3 is 1.91 bits per heavy atom. The van der Waals surface area contributed by atoms with E-state index in [1.807, 2.05) is 13.0 Å². The third kappa shape index (κ3) is 27.7. The Morgan fingerprint density at radius 1 is 1.36 bits per heavy atom. The highest BCUT2D eigenvalue weighted by atomic mass is 13.7. The van der Waals surface area contributed by atoms with Gasteiger partial charge in [-0.05, 0) is 13.3 Å². The highest BCUT2D eigenvalue weighted by molar-refractivity contribution is 5.05. The summed E-state index contributed by atoms with van der Waals surface area (Å²) in [5, 5.41) is 0. The van der Waals surface area contributed by atoms with E-state index in [4.69, 9.17) is 0 Å². The minimum absolute atomic E-state index is 1.02. The largest absolute Gasteiger partial charge is 0.0991 e. The Bertz CT molecular complexity index is 138. The molecule has 0 N–H and O–H groups in total. The molecule has 0 heteroatoms. The van der Waals surface area contributed by atoms with Crippen LogP contribution in [0.1, 0.15) is 20.3 Å². The van der Waals surface area contributed by atoms with Gasteiger partial charge in [0.05, 0.1) is 0 Å². The van der Waals surface area contributed by atoms with Crippen LogP contribution in [0.3, 0.4) is 0 Å². The van der Waals surface area contributed by atoms with Gasteiger partial charge < -0.3 is 0 Å². The Morgan fingerprint density at radius 2 is 1.82 bits per heavy atom. The molecule has 0 rings (SSSR count). The lowest BCUT2D eigenvalue weighted by Crippen LogP contribution is -1.50. The van der Waals surface area contributed by atoms with E-state index in [9.17, 15) is 0 Å². The van der Waals surface area contributed by atoms with Crippen LogP contribution in [-0.2, 0) is 0 Å². The Hall–Kier alpha value is -1.04. The van der Waals surface area contributed by atoms with Gasteiger partial charge in [-0.25, -0.2) is 0 Å². The fourth-order valence-corrected chi connectivity index (χ4v) is 0.232. The fraction of sp³-hybridized carbons (Fsp3) is 0.273. The molecule has 0 saturated carbocycles. The van der Waals surface area contributed by atoms with Gasteiger partial charge in [0.2, 0.25) is 0 Å². The Balaban J connectivity index is 0. The van der Waals surface area contributed by atoms with Crippen LogP contribution in [0.25, 0.3) is 0 Å². The first-order chi connectivity index (χ1) is 5.18. The number of hydrogen-bond acceptors (Lipinski definition) is 0. The molecule has 0 amide bonds. The third-order valence-electron chi connectivity index (χ3n) is 0.856. The van der Waals surface area contributed by atoms with Crippen LogP contribution >= 0.6 is 0 Å². The molecule has 0 aliphatic carbocycles. The molecule has 0 aromatic heterocycles. The van der Waals surface area contributed by atoms with Gasteiger partial charge in [0, 0.05) is 0 Å². The van der Waals surface area contributed by atoms with Crippen LogP contribution in [0.2, 0.25) is 0 Å². The molecule has 0 fully saturated rings. The van der Waals surface area contributed by atoms with Crippen molar-refractivity contribution in [1.29, 1.82) is 0 Å². The van der Waals surface area contributed by atoms with Crippen LogP contribution in [0, 0.1) is 0 Å². The van der Waals surface area contributed by atoms with Crippen molar-refractivity contribution < 1.29 is 0 Å². The molecule has 0 heterocycles. The summed E-state index contributed by atoms with van der Waals surface area (Å²) in [4.78, 5) is 0.